The van der Waals surface area contributed by atoms with Crippen LogP contribution in [0.15, 0.2) is 48.5 Å². The summed E-state index contributed by atoms with van der Waals surface area (Å²) in [6.07, 6.45) is 1.26. The normalized spacial score (nSPS) is 16.6. The Morgan fingerprint density at radius 3 is 2.52 bits per heavy atom. The molecule has 140 valence electrons. The molecule has 0 aromatic heterocycles. The number of carbonyl (C=O) groups is 3. The number of anilines is 1. The molecule has 2 aromatic rings. The van der Waals surface area contributed by atoms with E-state index in [1.807, 2.05) is 13.0 Å². The average Bonchev–Trinajstić information content (AvgIpc) is 2.69. The summed E-state index contributed by atoms with van der Waals surface area (Å²) in [4.78, 5) is 38.0. The molecule has 2 amide bonds. The molecule has 2 N–H and O–H groups in total. The summed E-state index contributed by atoms with van der Waals surface area (Å²) in [6, 6.07) is 14.0. The zero-order chi connectivity index (χ0) is 19.4. The van der Waals surface area contributed by atoms with Crippen LogP contribution < -0.4 is 5.32 Å². The van der Waals surface area contributed by atoms with Crippen molar-refractivity contribution in [3.05, 3.63) is 65.2 Å². The molecule has 27 heavy (non-hydrogen) atoms. The smallest absolute Gasteiger partial charge is 0.308 e. The summed E-state index contributed by atoms with van der Waals surface area (Å²) < 4.78 is 0. The van der Waals surface area contributed by atoms with Gasteiger partial charge in [0.25, 0.3) is 11.8 Å². The van der Waals surface area contributed by atoms with Crippen LogP contribution in [-0.4, -0.2) is 40.9 Å². The van der Waals surface area contributed by atoms with E-state index in [0.717, 1.165) is 5.56 Å². The molecule has 1 heterocycles. The van der Waals surface area contributed by atoms with E-state index >= 15 is 0 Å². The third kappa shape index (κ3) is 4.34. The maximum Gasteiger partial charge on any atom is 0.308 e. The minimum Gasteiger partial charge on any atom is -0.481 e. The molecule has 0 bridgehead atoms. The van der Waals surface area contributed by atoms with Crippen LogP contribution in [0.3, 0.4) is 0 Å². The van der Waals surface area contributed by atoms with Gasteiger partial charge in [0.1, 0.15) is 0 Å². The van der Waals surface area contributed by atoms with Gasteiger partial charge in [-0.2, -0.15) is 0 Å². The molecule has 1 atom stereocenters. The molecular formula is C21H22N2O4. The first-order valence-corrected chi connectivity index (χ1v) is 8.95. The van der Waals surface area contributed by atoms with Crippen LogP contribution in [0.25, 0.3) is 0 Å². The first kappa shape index (κ1) is 18.6. The Kier molecular flexibility index (Phi) is 5.54. The number of aryl methyl sites for hydroxylation is 1. The number of hydrogen-bond acceptors (Lipinski definition) is 3. The van der Waals surface area contributed by atoms with E-state index in [0.29, 0.717) is 36.2 Å². The number of carbonyl (C=O) groups excluding carboxylic acids is 2. The second-order valence-corrected chi connectivity index (χ2v) is 6.78. The second-order valence-electron chi connectivity index (χ2n) is 6.78. The molecule has 0 saturated carbocycles. The SMILES string of the molecule is Cc1ccc(C(=O)N2CCCC(C(=O)O)C2)cc1NC(=O)c1ccccc1. The molecule has 0 spiro atoms. The zero-order valence-corrected chi connectivity index (χ0v) is 15.1. The Balaban J connectivity index is 1.77. The fraction of sp³-hybridized carbons (Fsp3) is 0.286. The number of nitrogens with one attached hydrogen (secondary N) is 1. The first-order valence-electron chi connectivity index (χ1n) is 8.95. The topological polar surface area (TPSA) is 86.7 Å². The Labute approximate surface area is 157 Å². The Hall–Kier alpha value is -3.15. The number of carboxylic acids is 1. The van der Waals surface area contributed by atoms with Crippen molar-refractivity contribution in [1.29, 1.82) is 0 Å². The summed E-state index contributed by atoms with van der Waals surface area (Å²) in [7, 11) is 0. The molecular weight excluding hydrogens is 344 g/mol. The highest BCUT2D eigenvalue weighted by atomic mass is 16.4. The first-order chi connectivity index (χ1) is 13.0. The third-order valence-electron chi connectivity index (χ3n) is 4.83. The third-order valence-corrected chi connectivity index (χ3v) is 4.83. The predicted octanol–water partition coefficient (Wildman–Crippen LogP) is 3.18. The Morgan fingerprint density at radius 2 is 1.81 bits per heavy atom. The molecule has 6 heteroatoms. The van der Waals surface area contributed by atoms with E-state index in [1.54, 1.807) is 47.4 Å². The number of nitrogens with zero attached hydrogens (tertiary/aromatic N) is 1. The van der Waals surface area contributed by atoms with Gasteiger partial charge < -0.3 is 15.3 Å². The lowest BCUT2D eigenvalue weighted by molar-refractivity contribution is -0.143. The van der Waals surface area contributed by atoms with Gasteiger partial charge in [-0.3, -0.25) is 14.4 Å². The summed E-state index contributed by atoms with van der Waals surface area (Å²) in [5.41, 5.74) is 2.39. The van der Waals surface area contributed by atoms with Crippen LogP contribution in [0.5, 0.6) is 0 Å². The molecule has 0 radical (unpaired) electrons. The van der Waals surface area contributed by atoms with Crippen LogP contribution in [0.4, 0.5) is 5.69 Å². The quantitative estimate of drug-likeness (QED) is 0.870. The number of rotatable bonds is 4. The molecule has 1 aliphatic rings. The lowest BCUT2D eigenvalue weighted by Crippen LogP contribution is -2.42. The summed E-state index contributed by atoms with van der Waals surface area (Å²) in [5, 5.41) is 12.1. The van der Waals surface area contributed by atoms with E-state index in [9.17, 15) is 19.5 Å². The molecule has 1 fully saturated rings. The molecule has 3 rings (SSSR count). The van der Waals surface area contributed by atoms with E-state index in [1.165, 1.54) is 0 Å². The van der Waals surface area contributed by atoms with Crippen LogP contribution >= 0.6 is 0 Å². The van der Waals surface area contributed by atoms with Gasteiger partial charge in [-0.1, -0.05) is 24.3 Å². The minimum absolute atomic E-state index is 0.212. The van der Waals surface area contributed by atoms with E-state index < -0.39 is 11.9 Å². The van der Waals surface area contributed by atoms with Crippen molar-refractivity contribution < 1.29 is 19.5 Å². The van der Waals surface area contributed by atoms with Crippen molar-refractivity contribution >= 4 is 23.5 Å². The molecule has 1 unspecified atom stereocenters. The molecule has 2 aromatic carbocycles. The van der Waals surface area contributed by atoms with E-state index in [2.05, 4.69) is 5.32 Å². The highest BCUT2D eigenvalue weighted by molar-refractivity contribution is 6.05. The number of aliphatic carboxylic acids is 1. The van der Waals surface area contributed by atoms with Crippen LogP contribution in [0, 0.1) is 12.8 Å². The van der Waals surface area contributed by atoms with E-state index in [4.69, 9.17) is 0 Å². The Bertz CT molecular complexity index is 864. The standard InChI is InChI=1S/C21H22N2O4/c1-14-9-10-16(20(25)23-11-5-8-17(13-23)21(26)27)12-18(14)22-19(24)15-6-3-2-4-7-15/h2-4,6-7,9-10,12,17H,5,8,11,13H2,1H3,(H,22,24)(H,26,27). The number of benzene rings is 2. The average molecular weight is 366 g/mol. The van der Waals surface area contributed by atoms with Crippen LogP contribution in [0.1, 0.15) is 39.1 Å². The van der Waals surface area contributed by atoms with Gasteiger partial charge in [0.2, 0.25) is 0 Å². The number of likely N-dealkylation sites (tertiary alicyclic amines) is 1. The number of hydrogen-bond donors (Lipinski definition) is 2. The lowest BCUT2D eigenvalue weighted by Gasteiger charge is -2.31. The fourth-order valence-electron chi connectivity index (χ4n) is 3.22. The van der Waals surface area contributed by atoms with Crippen molar-refractivity contribution in [3.8, 4) is 0 Å². The van der Waals surface area contributed by atoms with Gasteiger partial charge in [0.15, 0.2) is 0 Å². The maximum absolute atomic E-state index is 12.8. The van der Waals surface area contributed by atoms with Gasteiger partial charge in [0.05, 0.1) is 5.92 Å². The fourth-order valence-corrected chi connectivity index (χ4v) is 3.22. The van der Waals surface area contributed by atoms with Gasteiger partial charge in [-0.05, 0) is 49.6 Å². The van der Waals surface area contributed by atoms with Crippen molar-refractivity contribution in [2.24, 2.45) is 5.92 Å². The van der Waals surface area contributed by atoms with Crippen molar-refractivity contribution in [2.75, 3.05) is 18.4 Å². The van der Waals surface area contributed by atoms with Crippen LogP contribution in [0.2, 0.25) is 0 Å². The summed E-state index contributed by atoms with van der Waals surface area (Å²) in [6.45, 7) is 2.62. The lowest BCUT2D eigenvalue weighted by atomic mass is 9.97. The van der Waals surface area contributed by atoms with E-state index in [-0.39, 0.29) is 18.4 Å². The van der Waals surface area contributed by atoms with Gasteiger partial charge in [0, 0.05) is 29.9 Å². The number of piperidine rings is 1. The molecule has 0 aliphatic carbocycles. The minimum atomic E-state index is -0.868. The second kappa shape index (κ2) is 8.03. The molecule has 6 nitrogen and oxygen atoms in total. The highest BCUT2D eigenvalue weighted by Gasteiger charge is 2.28. The van der Waals surface area contributed by atoms with Gasteiger partial charge in [-0.25, -0.2) is 0 Å². The largest absolute Gasteiger partial charge is 0.481 e. The molecule has 1 saturated heterocycles. The van der Waals surface area contributed by atoms with Gasteiger partial charge >= 0.3 is 5.97 Å². The van der Waals surface area contributed by atoms with Crippen LogP contribution in [-0.2, 0) is 4.79 Å². The predicted molar refractivity (Wildman–Crippen MR) is 102 cm³/mol. The monoisotopic (exact) mass is 366 g/mol. The van der Waals surface area contributed by atoms with Gasteiger partial charge in [-0.15, -0.1) is 0 Å². The zero-order valence-electron chi connectivity index (χ0n) is 15.1. The van der Waals surface area contributed by atoms with Crippen molar-refractivity contribution in [3.63, 3.8) is 0 Å². The van der Waals surface area contributed by atoms with Crippen molar-refractivity contribution in [1.82, 2.24) is 4.90 Å². The van der Waals surface area contributed by atoms with Crippen molar-refractivity contribution in [2.45, 2.75) is 19.8 Å². The number of carboxylic acid groups (broad SMARTS) is 1. The summed E-state index contributed by atoms with van der Waals surface area (Å²) in [5.74, 6) is -1.85. The number of amides is 2. The molecule has 1 aliphatic heterocycles. The highest BCUT2D eigenvalue weighted by Crippen LogP contribution is 2.22. The summed E-state index contributed by atoms with van der Waals surface area (Å²) >= 11 is 0. The maximum atomic E-state index is 12.8. The Morgan fingerprint density at radius 1 is 1.07 bits per heavy atom.